The summed E-state index contributed by atoms with van der Waals surface area (Å²) in [6.45, 7) is 6.70. The molecule has 39 heavy (non-hydrogen) atoms. The first-order valence-electron chi connectivity index (χ1n) is 12.7. The second-order valence-electron chi connectivity index (χ2n) is 10.1. The second-order valence-corrected chi connectivity index (χ2v) is 12.1. The van der Waals surface area contributed by atoms with E-state index in [0.717, 1.165) is 27.6 Å². The molecule has 206 valence electrons. The molecule has 0 aliphatic carbocycles. The van der Waals surface area contributed by atoms with Crippen molar-refractivity contribution >= 4 is 27.9 Å². The number of nitrogens with one attached hydrogen (secondary N) is 1. The molecule has 4 rings (SSSR count). The van der Waals surface area contributed by atoms with Crippen molar-refractivity contribution in [2.45, 2.75) is 51.5 Å². The number of carbonyl (C=O) groups excluding carboxylic acids is 1. The van der Waals surface area contributed by atoms with E-state index < -0.39 is 28.4 Å². The maximum absolute atomic E-state index is 14.0. The first kappa shape index (κ1) is 28.4. The van der Waals surface area contributed by atoms with E-state index in [1.165, 1.54) is 6.92 Å². The third-order valence-electron chi connectivity index (χ3n) is 6.06. The van der Waals surface area contributed by atoms with Crippen LogP contribution in [-0.2, 0) is 33.5 Å². The van der Waals surface area contributed by atoms with Crippen LogP contribution in [0.15, 0.2) is 71.5 Å². The fourth-order valence-corrected chi connectivity index (χ4v) is 4.84. The third-order valence-corrected chi connectivity index (χ3v) is 7.67. The number of carbonyl (C=O) groups is 1. The van der Waals surface area contributed by atoms with Crippen molar-refractivity contribution in [3.63, 3.8) is 0 Å². The maximum atomic E-state index is 14.0. The number of aromatic nitrogens is 1. The van der Waals surface area contributed by atoms with E-state index >= 15 is 0 Å². The largest absolute Gasteiger partial charge is 0.489 e. The minimum absolute atomic E-state index is 0.281. The number of nitrogens with zero attached hydrogens (tertiary/aromatic N) is 1. The number of benzene rings is 2. The molecular weight excluding hydrogens is 519 g/mol. The quantitative estimate of drug-likeness (QED) is 0.222. The van der Waals surface area contributed by atoms with Crippen LogP contribution >= 0.6 is 0 Å². The Morgan fingerprint density at radius 2 is 1.95 bits per heavy atom. The Morgan fingerprint density at radius 1 is 1.15 bits per heavy atom. The molecule has 0 aliphatic heterocycles. The van der Waals surface area contributed by atoms with E-state index in [9.17, 15) is 13.4 Å². The summed E-state index contributed by atoms with van der Waals surface area (Å²) >= 11 is 0. The fourth-order valence-electron chi connectivity index (χ4n) is 4.04. The number of furan rings is 1. The van der Waals surface area contributed by atoms with Gasteiger partial charge in [-0.05, 0) is 73.9 Å². The number of pyridine rings is 1. The molecule has 0 aliphatic rings. The summed E-state index contributed by atoms with van der Waals surface area (Å²) in [7, 11) is -1.46. The van der Waals surface area contributed by atoms with Crippen molar-refractivity contribution in [3.05, 3.63) is 83.9 Å². The Labute approximate surface area is 230 Å². The molecule has 2 aromatic heterocycles. The fraction of sp³-hybridized carbons (Fsp3) is 0.333. The van der Waals surface area contributed by atoms with Gasteiger partial charge in [-0.2, -0.15) is 0 Å². The predicted octanol–water partition coefficient (Wildman–Crippen LogP) is 6.24. The standard InChI is InChI=1S/C30H33FN2O5S/c1-20(34)36-13-10-22-7-5-6-8-28(22)38-19-21-15-24-11-14-37-29(24)25(16-21)23-9-12-32-26(17-23)27(18-31)33-39(35)30(2,3)4/h5-9,11-12,14-17,27,33H,10,13,18-19H2,1-4H3. The Morgan fingerprint density at radius 3 is 2.69 bits per heavy atom. The van der Waals surface area contributed by atoms with E-state index in [-0.39, 0.29) is 12.6 Å². The molecule has 0 amide bonds. The third kappa shape index (κ3) is 7.30. The van der Waals surface area contributed by atoms with Gasteiger partial charge in [0.25, 0.3) is 0 Å². The SMILES string of the molecule is CC(=O)OCCc1ccccc1OCc1cc(-c2ccnc(C(CF)NS(=O)C(C)(C)C)c2)c2occc2c1. The molecule has 2 unspecified atom stereocenters. The van der Waals surface area contributed by atoms with E-state index in [2.05, 4.69) is 9.71 Å². The van der Waals surface area contributed by atoms with Crippen LogP contribution in [0.1, 0.15) is 50.6 Å². The lowest BCUT2D eigenvalue weighted by Crippen LogP contribution is -2.36. The van der Waals surface area contributed by atoms with Crippen LogP contribution in [0.25, 0.3) is 22.1 Å². The minimum Gasteiger partial charge on any atom is -0.489 e. The maximum Gasteiger partial charge on any atom is 0.302 e. The molecule has 9 heteroatoms. The van der Waals surface area contributed by atoms with Crippen LogP contribution in [0, 0.1) is 0 Å². The highest BCUT2D eigenvalue weighted by Crippen LogP contribution is 2.33. The Balaban J connectivity index is 1.59. The lowest BCUT2D eigenvalue weighted by Gasteiger charge is -2.22. The number of fused-ring (bicyclic) bond motifs is 1. The highest BCUT2D eigenvalue weighted by Gasteiger charge is 2.25. The normalized spacial score (nSPS) is 13.3. The van der Waals surface area contributed by atoms with E-state index in [0.29, 0.717) is 30.1 Å². The van der Waals surface area contributed by atoms with Crippen molar-refractivity contribution in [1.29, 1.82) is 0 Å². The van der Waals surface area contributed by atoms with Gasteiger partial charge in [0.05, 0.1) is 40.3 Å². The number of ether oxygens (including phenoxy) is 2. The van der Waals surface area contributed by atoms with Gasteiger partial charge in [0, 0.05) is 30.5 Å². The lowest BCUT2D eigenvalue weighted by molar-refractivity contribution is -0.140. The number of rotatable bonds is 11. The van der Waals surface area contributed by atoms with Gasteiger partial charge < -0.3 is 13.9 Å². The molecule has 4 aromatic rings. The summed E-state index contributed by atoms with van der Waals surface area (Å²) in [5.74, 6) is 0.401. The monoisotopic (exact) mass is 552 g/mol. The molecule has 0 bridgehead atoms. The molecule has 2 heterocycles. The summed E-state index contributed by atoms with van der Waals surface area (Å²) in [6.07, 6.45) is 3.79. The highest BCUT2D eigenvalue weighted by atomic mass is 32.2. The number of hydrogen-bond donors (Lipinski definition) is 1. The molecule has 1 N–H and O–H groups in total. The van der Waals surface area contributed by atoms with E-state index in [1.54, 1.807) is 18.5 Å². The van der Waals surface area contributed by atoms with E-state index in [1.807, 2.05) is 69.3 Å². The Bertz CT molecular complexity index is 1460. The van der Waals surface area contributed by atoms with Gasteiger partial charge >= 0.3 is 5.97 Å². The molecule has 0 saturated carbocycles. The topological polar surface area (TPSA) is 90.7 Å². The van der Waals surface area contributed by atoms with Crippen LogP contribution in [-0.4, -0.2) is 33.2 Å². The zero-order valence-corrected chi connectivity index (χ0v) is 23.3. The predicted molar refractivity (Wildman–Crippen MR) is 150 cm³/mol. The molecule has 0 saturated heterocycles. The molecule has 0 spiro atoms. The number of para-hydroxylation sites is 1. The summed E-state index contributed by atoms with van der Waals surface area (Å²) in [4.78, 5) is 15.5. The summed E-state index contributed by atoms with van der Waals surface area (Å²) in [6, 6.07) is 16.4. The summed E-state index contributed by atoms with van der Waals surface area (Å²) in [5, 5.41) is 0.904. The number of esters is 1. The zero-order valence-electron chi connectivity index (χ0n) is 22.5. The van der Waals surface area contributed by atoms with Crippen LogP contribution < -0.4 is 9.46 Å². The molecule has 2 aromatic carbocycles. The van der Waals surface area contributed by atoms with Gasteiger partial charge in [0.15, 0.2) is 0 Å². The van der Waals surface area contributed by atoms with Crippen molar-refractivity contribution in [2.75, 3.05) is 13.3 Å². The van der Waals surface area contributed by atoms with Gasteiger partial charge in [0.2, 0.25) is 0 Å². The van der Waals surface area contributed by atoms with Crippen LogP contribution in [0.4, 0.5) is 4.39 Å². The Kier molecular flexibility index (Phi) is 9.14. The summed E-state index contributed by atoms with van der Waals surface area (Å²) in [5.41, 5.74) is 4.62. The van der Waals surface area contributed by atoms with Crippen molar-refractivity contribution in [2.24, 2.45) is 0 Å². The minimum atomic E-state index is -1.46. The number of hydrogen-bond acceptors (Lipinski definition) is 6. The van der Waals surface area contributed by atoms with Gasteiger partial charge in [-0.25, -0.2) is 13.3 Å². The first-order valence-corrected chi connectivity index (χ1v) is 13.8. The molecule has 2 atom stereocenters. The van der Waals surface area contributed by atoms with Gasteiger partial charge in [-0.3, -0.25) is 9.78 Å². The first-order chi connectivity index (χ1) is 18.7. The average Bonchev–Trinajstić information content (AvgIpc) is 3.38. The van der Waals surface area contributed by atoms with Crippen molar-refractivity contribution < 1.29 is 27.3 Å². The Hall–Kier alpha value is -3.56. The summed E-state index contributed by atoms with van der Waals surface area (Å²) < 4.78 is 46.0. The molecule has 0 fully saturated rings. The van der Waals surface area contributed by atoms with Gasteiger partial charge in [-0.15, -0.1) is 0 Å². The van der Waals surface area contributed by atoms with Crippen molar-refractivity contribution in [1.82, 2.24) is 9.71 Å². The molecule has 7 nitrogen and oxygen atoms in total. The second kappa shape index (κ2) is 12.5. The van der Waals surface area contributed by atoms with Crippen LogP contribution in [0.5, 0.6) is 5.75 Å². The van der Waals surface area contributed by atoms with Gasteiger partial charge in [-0.1, -0.05) is 18.2 Å². The average molecular weight is 553 g/mol. The lowest BCUT2D eigenvalue weighted by atomic mass is 10.00. The molecular formula is C30H33FN2O5S. The van der Waals surface area contributed by atoms with Crippen molar-refractivity contribution in [3.8, 4) is 16.9 Å². The van der Waals surface area contributed by atoms with Crippen LogP contribution in [0.3, 0.4) is 0 Å². The smallest absolute Gasteiger partial charge is 0.302 e. The van der Waals surface area contributed by atoms with Crippen LogP contribution in [0.2, 0.25) is 0 Å². The van der Waals surface area contributed by atoms with E-state index in [4.69, 9.17) is 13.9 Å². The number of alkyl halides is 1. The highest BCUT2D eigenvalue weighted by molar-refractivity contribution is 7.84. The zero-order chi connectivity index (χ0) is 28.0. The molecule has 0 radical (unpaired) electrons. The van der Waals surface area contributed by atoms with Gasteiger partial charge in [0.1, 0.15) is 24.6 Å². The number of halogens is 1.